The summed E-state index contributed by atoms with van der Waals surface area (Å²) in [6, 6.07) is 15.2. The van der Waals surface area contributed by atoms with Crippen LogP contribution in [-0.4, -0.2) is 11.7 Å². The predicted octanol–water partition coefficient (Wildman–Crippen LogP) is 7.36. The average molecular weight is 511 g/mol. The zero-order valence-electron chi connectivity index (χ0n) is 16.6. The van der Waals surface area contributed by atoms with Gasteiger partial charge in [-0.15, -0.1) is 0 Å². The van der Waals surface area contributed by atoms with Crippen LogP contribution < -0.4 is 14.8 Å². The molecule has 0 aliphatic carbocycles. The van der Waals surface area contributed by atoms with Gasteiger partial charge in [0, 0.05) is 16.7 Å². The summed E-state index contributed by atoms with van der Waals surface area (Å²) in [6.45, 7) is 5.48. The van der Waals surface area contributed by atoms with Crippen LogP contribution in [0.25, 0.3) is 0 Å². The molecule has 0 heterocycles. The average Bonchev–Trinajstić information content (AvgIpc) is 2.72. The van der Waals surface area contributed by atoms with Gasteiger partial charge in [-0.05, 0) is 54.8 Å². The Kier molecular flexibility index (Phi) is 7.75. The maximum Gasteiger partial charge on any atom is 0.162 e. The van der Waals surface area contributed by atoms with Crippen LogP contribution in [0.3, 0.4) is 0 Å². The zero-order valence-corrected chi connectivity index (χ0v) is 19.7. The molecule has 0 fully saturated rings. The van der Waals surface area contributed by atoms with Crippen LogP contribution in [0.1, 0.15) is 23.6 Å². The third-order valence-corrected chi connectivity index (χ3v) is 5.87. The lowest BCUT2D eigenvalue weighted by Gasteiger charge is -2.16. The Morgan fingerprint density at radius 2 is 1.63 bits per heavy atom. The summed E-state index contributed by atoms with van der Waals surface area (Å²) in [4.78, 5) is 0. The minimum atomic E-state index is -0.126. The molecule has 7 heteroatoms. The maximum absolute atomic E-state index is 9.71. The largest absolute Gasteiger partial charge is 0.505 e. The highest BCUT2D eigenvalue weighted by atomic mass is 79.9. The topological polar surface area (TPSA) is 50.7 Å². The number of hydrogen-bond acceptors (Lipinski definition) is 4. The molecule has 4 nitrogen and oxygen atoms in total. The van der Waals surface area contributed by atoms with Crippen LogP contribution in [0.2, 0.25) is 10.0 Å². The van der Waals surface area contributed by atoms with Crippen molar-refractivity contribution in [2.24, 2.45) is 0 Å². The first-order chi connectivity index (χ1) is 14.4. The lowest BCUT2D eigenvalue weighted by atomic mass is 10.1. The van der Waals surface area contributed by atoms with Crippen molar-refractivity contribution in [3.8, 4) is 17.2 Å². The van der Waals surface area contributed by atoms with Gasteiger partial charge in [0.05, 0.1) is 16.7 Å². The normalized spacial score (nSPS) is 10.7. The van der Waals surface area contributed by atoms with E-state index in [0.29, 0.717) is 36.9 Å². The van der Waals surface area contributed by atoms with Crippen molar-refractivity contribution in [2.45, 2.75) is 27.0 Å². The number of benzene rings is 3. The fourth-order valence-electron chi connectivity index (χ4n) is 2.89. The molecule has 0 saturated heterocycles. The van der Waals surface area contributed by atoms with Gasteiger partial charge >= 0.3 is 0 Å². The minimum absolute atomic E-state index is 0.126. The van der Waals surface area contributed by atoms with Gasteiger partial charge in [0.15, 0.2) is 17.2 Å². The number of rotatable bonds is 8. The van der Waals surface area contributed by atoms with Crippen molar-refractivity contribution < 1.29 is 14.6 Å². The number of aryl methyl sites for hydroxylation is 1. The molecule has 2 N–H and O–H groups in total. The van der Waals surface area contributed by atoms with Crippen molar-refractivity contribution >= 4 is 44.8 Å². The number of anilines is 1. The van der Waals surface area contributed by atoms with Crippen LogP contribution in [0.4, 0.5) is 5.69 Å². The van der Waals surface area contributed by atoms with E-state index in [1.54, 1.807) is 12.1 Å². The van der Waals surface area contributed by atoms with Crippen molar-refractivity contribution in [1.29, 1.82) is 0 Å². The first kappa shape index (κ1) is 22.6. The second-order valence-corrected chi connectivity index (χ2v) is 8.35. The fraction of sp³-hybridized carbons (Fsp3) is 0.217. The molecular formula is C23H22BrCl2NO3. The van der Waals surface area contributed by atoms with E-state index in [1.165, 1.54) is 5.56 Å². The highest BCUT2D eigenvalue weighted by Gasteiger charge is 2.13. The second-order valence-electron chi connectivity index (χ2n) is 6.68. The smallest absolute Gasteiger partial charge is 0.162 e. The van der Waals surface area contributed by atoms with E-state index in [4.69, 9.17) is 32.7 Å². The summed E-state index contributed by atoms with van der Waals surface area (Å²) in [6.07, 6.45) is 0. The first-order valence-corrected chi connectivity index (χ1v) is 11.0. The summed E-state index contributed by atoms with van der Waals surface area (Å²) in [5.74, 6) is 1.22. The lowest BCUT2D eigenvalue weighted by molar-refractivity contribution is 0.268. The van der Waals surface area contributed by atoms with Gasteiger partial charge in [0.1, 0.15) is 6.61 Å². The quantitative estimate of drug-likeness (QED) is 0.311. The van der Waals surface area contributed by atoms with Gasteiger partial charge in [0.2, 0.25) is 0 Å². The third-order valence-electron chi connectivity index (χ3n) is 4.56. The Balaban J connectivity index is 1.78. The number of phenolic OH excluding ortho intramolecular Hbond substituents is 1. The molecule has 0 aliphatic rings. The molecule has 0 unspecified atom stereocenters. The fourth-order valence-corrected chi connectivity index (χ4v) is 3.84. The third kappa shape index (κ3) is 5.54. The van der Waals surface area contributed by atoms with E-state index in [2.05, 4.69) is 40.3 Å². The van der Waals surface area contributed by atoms with Gasteiger partial charge in [0.25, 0.3) is 0 Å². The molecule has 3 aromatic rings. The van der Waals surface area contributed by atoms with Gasteiger partial charge < -0.3 is 19.9 Å². The first-order valence-electron chi connectivity index (χ1n) is 9.43. The summed E-state index contributed by atoms with van der Waals surface area (Å²) in [5.41, 5.74) is 3.99. The molecule has 0 aliphatic heterocycles. The highest BCUT2D eigenvalue weighted by molar-refractivity contribution is 9.10. The number of halogens is 3. The Morgan fingerprint density at radius 1 is 0.967 bits per heavy atom. The Bertz CT molecular complexity index is 1020. The Labute approximate surface area is 194 Å². The SMILES string of the molecule is CCOc1cc(CNc2cc(Cl)c(O)c(Cl)c2)c(Br)cc1OCc1ccccc1C. The van der Waals surface area contributed by atoms with Crippen LogP contribution >= 0.6 is 39.1 Å². The number of aromatic hydroxyl groups is 1. The predicted molar refractivity (Wildman–Crippen MR) is 126 cm³/mol. The van der Waals surface area contributed by atoms with Crippen LogP contribution in [0.5, 0.6) is 17.2 Å². The van der Waals surface area contributed by atoms with E-state index >= 15 is 0 Å². The number of phenols is 1. The van der Waals surface area contributed by atoms with Crippen molar-refractivity contribution in [3.05, 3.63) is 79.7 Å². The van der Waals surface area contributed by atoms with Gasteiger partial charge in [-0.3, -0.25) is 0 Å². The molecule has 0 saturated carbocycles. The number of hydrogen-bond donors (Lipinski definition) is 2. The molecule has 0 amide bonds. The van der Waals surface area contributed by atoms with Crippen LogP contribution in [0, 0.1) is 6.92 Å². The summed E-state index contributed by atoms with van der Waals surface area (Å²) < 4.78 is 12.8. The molecule has 0 radical (unpaired) electrons. The molecule has 0 bridgehead atoms. The maximum atomic E-state index is 9.71. The molecule has 3 aromatic carbocycles. The Morgan fingerprint density at radius 3 is 2.30 bits per heavy atom. The van der Waals surface area contributed by atoms with Gasteiger partial charge in [-0.25, -0.2) is 0 Å². The second kappa shape index (κ2) is 10.3. The van der Waals surface area contributed by atoms with Crippen LogP contribution in [0.15, 0.2) is 53.0 Å². The van der Waals surface area contributed by atoms with E-state index in [1.807, 2.05) is 31.2 Å². The van der Waals surface area contributed by atoms with E-state index < -0.39 is 0 Å². The number of ether oxygens (including phenoxy) is 2. The molecule has 0 spiro atoms. The molecule has 0 atom stereocenters. The van der Waals surface area contributed by atoms with Crippen molar-refractivity contribution in [3.63, 3.8) is 0 Å². The van der Waals surface area contributed by atoms with Crippen LogP contribution in [-0.2, 0) is 13.2 Å². The molecular weight excluding hydrogens is 489 g/mol. The van der Waals surface area contributed by atoms with E-state index in [9.17, 15) is 5.11 Å². The lowest BCUT2D eigenvalue weighted by Crippen LogP contribution is -2.04. The molecule has 3 rings (SSSR count). The summed E-state index contributed by atoms with van der Waals surface area (Å²) >= 11 is 15.6. The standard InChI is InChI=1S/C23H22BrCl2NO3/c1-3-29-21-8-16(12-27-17-9-19(25)23(28)20(26)10-17)18(24)11-22(21)30-13-15-7-5-4-6-14(15)2/h4-11,27-28H,3,12-13H2,1-2H3. The highest BCUT2D eigenvalue weighted by Crippen LogP contribution is 2.37. The Hall–Kier alpha value is -2.08. The van der Waals surface area contributed by atoms with E-state index in [-0.39, 0.29) is 15.8 Å². The number of nitrogens with one attached hydrogen (secondary N) is 1. The minimum Gasteiger partial charge on any atom is -0.505 e. The summed E-state index contributed by atoms with van der Waals surface area (Å²) in [5, 5.41) is 13.4. The summed E-state index contributed by atoms with van der Waals surface area (Å²) in [7, 11) is 0. The molecule has 158 valence electrons. The molecule has 30 heavy (non-hydrogen) atoms. The monoisotopic (exact) mass is 509 g/mol. The van der Waals surface area contributed by atoms with Gasteiger partial charge in [-0.1, -0.05) is 63.4 Å². The molecule has 0 aromatic heterocycles. The van der Waals surface area contributed by atoms with Crippen molar-refractivity contribution in [1.82, 2.24) is 0 Å². The van der Waals surface area contributed by atoms with E-state index in [0.717, 1.165) is 15.6 Å². The zero-order chi connectivity index (χ0) is 21.7. The van der Waals surface area contributed by atoms with Crippen molar-refractivity contribution in [2.75, 3.05) is 11.9 Å². The van der Waals surface area contributed by atoms with Gasteiger partial charge in [-0.2, -0.15) is 0 Å².